The third-order valence-electron chi connectivity index (χ3n) is 5.70. The highest BCUT2D eigenvalue weighted by Gasteiger charge is 2.27. The van der Waals surface area contributed by atoms with Gasteiger partial charge in [-0.15, -0.1) is 0 Å². The lowest BCUT2D eigenvalue weighted by Crippen LogP contribution is -2.35. The van der Waals surface area contributed by atoms with Gasteiger partial charge in [-0.25, -0.2) is 8.78 Å². The van der Waals surface area contributed by atoms with Crippen molar-refractivity contribution in [1.29, 1.82) is 0 Å². The van der Waals surface area contributed by atoms with Crippen molar-refractivity contribution in [3.05, 3.63) is 59.2 Å². The molecule has 2 amide bonds. The van der Waals surface area contributed by atoms with Crippen LogP contribution in [-0.2, 0) is 4.79 Å². The average Bonchev–Trinajstić information content (AvgIpc) is 2.83. The second kappa shape index (κ2) is 12.1. The molecular weight excluding hydrogens is 462 g/mol. The van der Waals surface area contributed by atoms with Gasteiger partial charge in [-0.1, -0.05) is 0 Å². The lowest BCUT2D eigenvalue weighted by atomic mass is 9.87. The lowest BCUT2D eigenvalue weighted by Gasteiger charge is -2.26. The zero-order chi connectivity index (χ0) is 25.4. The molecule has 0 radical (unpaired) electrons. The maximum Gasteiger partial charge on any atom is 0.306 e. The van der Waals surface area contributed by atoms with Crippen LogP contribution in [0.2, 0.25) is 0 Å². The van der Waals surface area contributed by atoms with Crippen LogP contribution in [0.25, 0.3) is 0 Å². The third kappa shape index (κ3) is 7.14. The summed E-state index contributed by atoms with van der Waals surface area (Å²) in [5.74, 6) is -3.44. The van der Waals surface area contributed by atoms with Crippen molar-refractivity contribution in [2.45, 2.75) is 38.7 Å². The Labute approximate surface area is 201 Å². The number of carboxylic acid groups (broad SMARTS) is 1. The van der Waals surface area contributed by atoms with Gasteiger partial charge in [0.05, 0.1) is 24.2 Å². The number of carbonyl (C=O) groups excluding carboxylic acids is 2. The predicted molar refractivity (Wildman–Crippen MR) is 123 cm³/mol. The van der Waals surface area contributed by atoms with Gasteiger partial charge in [0.1, 0.15) is 11.6 Å². The van der Waals surface area contributed by atoms with E-state index in [1.165, 1.54) is 24.3 Å². The van der Waals surface area contributed by atoms with Crippen LogP contribution in [0.4, 0.5) is 8.78 Å². The van der Waals surface area contributed by atoms with Crippen LogP contribution in [0.5, 0.6) is 11.5 Å². The summed E-state index contributed by atoms with van der Waals surface area (Å²) in [6.07, 6.45) is 1.95. The standard InChI is InChI=1S/C25H28F2N2O6/c1-2-34-22-10-5-16(13-21(22)27)23(30)28-11-12-29-24(31)19-9-8-18(14-20(19)26)35-17-6-3-15(4-7-17)25(32)33/h5,8-10,13-15,17H,2-4,6-7,11-12H2,1H3,(H,28,30)(H,29,31)(H,32,33)/t15-,17+. The van der Waals surface area contributed by atoms with Crippen molar-refractivity contribution in [1.82, 2.24) is 10.6 Å². The number of aliphatic carboxylic acids is 1. The van der Waals surface area contributed by atoms with Crippen molar-refractivity contribution in [2.24, 2.45) is 5.92 Å². The van der Waals surface area contributed by atoms with Crippen molar-refractivity contribution in [2.75, 3.05) is 19.7 Å². The quantitative estimate of drug-likeness (QED) is 0.439. The van der Waals surface area contributed by atoms with E-state index < -0.39 is 29.4 Å². The highest BCUT2D eigenvalue weighted by atomic mass is 19.1. The first-order valence-electron chi connectivity index (χ1n) is 11.5. The molecule has 0 atom stereocenters. The maximum absolute atomic E-state index is 14.5. The smallest absolute Gasteiger partial charge is 0.306 e. The predicted octanol–water partition coefficient (Wildman–Crippen LogP) is 3.55. The zero-order valence-electron chi connectivity index (χ0n) is 19.3. The van der Waals surface area contributed by atoms with E-state index in [1.54, 1.807) is 6.92 Å². The highest BCUT2D eigenvalue weighted by Crippen LogP contribution is 2.28. The maximum atomic E-state index is 14.5. The summed E-state index contributed by atoms with van der Waals surface area (Å²) >= 11 is 0. The number of rotatable bonds is 10. The van der Waals surface area contributed by atoms with E-state index in [4.69, 9.17) is 14.6 Å². The summed E-state index contributed by atoms with van der Waals surface area (Å²) in [6.45, 7) is 2.11. The van der Waals surface area contributed by atoms with Crippen LogP contribution in [0.3, 0.4) is 0 Å². The number of carbonyl (C=O) groups is 3. The Hall–Kier alpha value is -3.69. The number of hydrogen-bond acceptors (Lipinski definition) is 5. The first kappa shape index (κ1) is 25.9. The number of amides is 2. The van der Waals surface area contributed by atoms with Gasteiger partial charge in [-0.3, -0.25) is 14.4 Å². The van der Waals surface area contributed by atoms with E-state index in [1.807, 2.05) is 0 Å². The van der Waals surface area contributed by atoms with Crippen molar-refractivity contribution in [3.63, 3.8) is 0 Å². The van der Waals surface area contributed by atoms with Crippen LogP contribution in [0.1, 0.15) is 53.3 Å². The average molecular weight is 491 g/mol. The van der Waals surface area contributed by atoms with Crippen molar-refractivity contribution >= 4 is 17.8 Å². The Morgan fingerprint density at radius 3 is 2.23 bits per heavy atom. The fourth-order valence-electron chi connectivity index (χ4n) is 3.84. The van der Waals surface area contributed by atoms with Gasteiger partial charge in [-0.2, -0.15) is 0 Å². The van der Waals surface area contributed by atoms with Gasteiger partial charge in [-0.05, 0) is 62.9 Å². The summed E-state index contributed by atoms with van der Waals surface area (Å²) < 4.78 is 39.2. The zero-order valence-corrected chi connectivity index (χ0v) is 19.3. The fourth-order valence-corrected chi connectivity index (χ4v) is 3.84. The molecule has 1 fully saturated rings. The lowest BCUT2D eigenvalue weighted by molar-refractivity contribution is -0.143. The molecule has 10 heteroatoms. The Kier molecular flexibility index (Phi) is 8.99. The fraction of sp³-hybridized carbons (Fsp3) is 0.400. The van der Waals surface area contributed by atoms with E-state index in [0.717, 1.165) is 12.1 Å². The van der Waals surface area contributed by atoms with Crippen LogP contribution in [0.15, 0.2) is 36.4 Å². The molecule has 8 nitrogen and oxygen atoms in total. The molecular formula is C25H28F2N2O6. The Bertz CT molecular complexity index is 1070. The van der Waals surface area contributed by atoms with Crippen molar-refractivity contribution < 1.29 is 37.7 Å². The molecule has 0 aliphatic heterocycles. The minimum absolute atomic E-state index is 0.0363. The molecule has 1 aliphatic rings. The van der Waals surface area contributed by atoms with Gasteiger partial charge in [0.2, 0.25) is 0 Å². The molecule has 188 valence electrons. The monoisotopic (exact) mass is 490 g/mol. The molecule has 3 rings (SSSR count). The van der Waals surface area contributed by atoms with E-state index in [-0.39, 0.29) is 47.7 Å². The highest BCUT2D eigenvalue weighted by molar-refractivity contribution is 5.95. The molecule has 3 N–H and O–H groups in total. The van der Waals surface area contributed by atoms with Gasteiger partial charge in [0.25, 0.3) is 11.8 Å². The molecule has 2 aromatic carbocycles. The molecule has 2 aromatic rings. The van der Waals surface area contributed by atoms with Gasteiger partial charge >= 0.3 is 5.97 Å². The third-order valence-corrected chi connectivity index (χ3v) is 5.70. The van der Waals surface area contributed by atoms with Gasteiger partial charge in [0.15, 0.2) is 11.6 Å². The molecule has 0 bridgehead atoms. The molecule has 1 aliphatic carbocycles. The van der Waals surface area contributed by atoms with Gasteiger partial charge in [0, 0.05) is 24.7 Å². The number of nitrogens with one attached hydrogen (secondary N) is 2. The minimum atomic E-state index is -0.811. The molecule has 0 aromatic heterocycles. The Morgan fingerprint density at radius 1 is 0.943 bits per heavy atom. The summed E-state index contributed by atoms with van der Waals surface area (Å²) in [7, 11) is 0. The normalized spacial score (nSPS) is 17.3. The molecule has 0 unspecified atom stereocenters. The SMILES string of the molecule is CCOc1ccc(C(=O)NCCNC(=O)c2ccc(O[C@H]3CC[C@@H](C(=O)O)CC3)cc2F)cc1F. The van der Waals surface area contributed by atoms with Crippen LogP contribution in [0, 0.1) is 17.6 Å². The second-order valence-electron chi connectivity index (χ2n) is 8.16. The number of hydrogen-bond donors (Lipinski definition) is 3. The number of carboxylic acids is 1. The molecule has 0 heterocycles. The minimum Gasteiger partial charge on any atom is -0.491 e. The summed E-state index contributed by atoms with van der Waals surface area (Å²) in [6, 6.07) is 7.79. The molecule has 1 saturated carbocycles. The summed E-state index contributed by atoms with van der Waals surface area (Å²) in [5.41, 5.74) is -0.0674. The van der Waals surface area contributed by atoms with E-state index >= 15 is 0 Å². The van der Waals surface area contributed by atoms with Crippen LogP contribution < -0.4 is 20.1 Å². The van der Waals surface area contributed by atoms with Crippen LogP contribution >= 0.6 is 0 Å². The number of ether oxygens (including phenoxy) is 2. The second-order valence-corrected chi connectivity index (χ2v) is 8.16. The Balaban J connectivity index is 1.44. The summed E-state index contributed by atoms with van der Waals surface area (Å²) in [5, 5.41) is 14.1. The largest absolute Gasteiger partial charge is 0.491 e. The number of benzene rings is 2. The van der Waals surface area contributed by atoms with E-state index in [0.29, 0.717) is 32.3 Å². The number of halogens is 2. The Morgan fingerprint density at radius 2 is 1.63 bits per heavy atom. The summed E-state index contributed by atoms with van der Waals surface area (Å²) in [4.78, 5) is 35.5. The van der Waals surface area contributed by atoms with Crippen molar-refractivity contribution in [3.8, 4) is 11.5 Å². The first-order chi connectivity index (χ1) is 16.8. The molecule has 0 saturated heterocycles. The first-order valence-corrected chi connectivity index (χ1v) is 11.5. The van der Waals surface area contributed by atoms with E-state index in [9.17, 15) is 23.2 Å². The topological polar surface area (TPSA) is 114 Å². The molecule has 0 spiro atoms. The van der Waals surface area contributed by atoms with E-state index in [2.05, 4.69) is 10.6 Å². The van der Waals surface area contributed by atoms with Gasteiger partial charge < -0.3 is 25.2 Å². The molecule has 35 heavy (non-hydrogen) atoms. The van der Waals surface area contributed by atoms with Crippen LogP contribution in [-0.4, -0.2) is 48.7 Å².